The fourth-order valence-corrected chi connectivity index (χ4v) is 1.83. The van der Waals surface area contributed by atoms with Crippen LogP contribution in [-0.2, 0) is 6.54 Å². The molecule has 0 aliphatic heterocycles. The maximum atomic E-state index is 5.37. The number of rotatable bonds is 6. The van der Waals surface area contributed by atoms with Crippen molar-refractivity contribution in [2.45, 2.75) is 39.3 Å². The van der Waals surface area contributed by atoms with E-state index in [9.17, 15) is 0 Å². The summed E-state index contributed by atoms with van der Waals surface area (Å²) in [6, 6.07) is 4.68. The molecule has 1 aromatic rings. The lowest BCUT2D eigenvalue weighted by Crippen LogP contribution is -2.27. The lowest BCUT2D eigenvalue weighted by Gasteiger charge is -2.12. The van der Waals surface area contributed by atoms with Crippen LogP contribution < -0.4 is 10.1 Å². The van der Waals surface area contributed by atoms with Crippen molar-refractivity contribution in [3.05, 3.63) is 23.9 Å². The van der Waals surface area contributed by atoms with Crippen molar-refractivity contribution >= 4 is 0 Å². The number of nitrogens with one attached hydrogen (secondary N) is 1. The van der Waals surface area contributed by atoms with E-state index < -0.39 is 0 Å². The van der Waals surface area contributed by atoms with Crippen molar-refractivity contribution in [1.29, 1.82) is 0 Å². The highest BCUT2D eigenvalue weighted by Crippen LogP contribution is 2.32. The fourth-order valence-electron chi connectivity index (χ4n) is 1.83. The lowest BCUT2D eigenvalue weighted by molar-refractivity contribution is 0.326. The van der Waals surface area contributed by atoms with Crippen LogP contribution in [0.5, 0.6) is 5.88 Å². The van der Waals surface area contributed by atoms with Crippen molar-refractivity contribution in [1.82, 2.24) is 10.3 Å². The average Bonchev–Trinajstić information content (AvgIpc) is 3.11. The minimum Gasteiger partial charge on any atom is -0.478 e. The van der Waals surface area contributed by atoms with Gasteiger partial charge in [0.25, 0.3) is 0 Å². The first kappa shape index (κ1) is 11.4. The molecule has 1 saturated carbocycles. The molecule has 1 heterocycles. The van der Waals surface area contributed by atoms with Gasteiger partial charge in [0, 0.05) is 24.8 Å². The van der Waals surface area contributed by atoms with E-state index in [-0.39, 0.29) is 0 Å². The Hall–Kier alpha value is -1.09. The number of hydrogen-bond acceptors (Lipinski definition) is 3. The molecule has 1 unspecified atom stereocenters. The lowest BCUT2D eigenvalue weighted by atomic mass is 10.2. The molecule has 1 aromatic heterocycles. The third kappa shape index (κ3) is 3.20. The maximum absolute atomic E-state index is 5.37. The van der Waals surface area contributed by atoms with Crippen molar-refractivity contribution in [3.63, 3.8) is 0 Å². The van der Waals surface area contributed by atoms with Gasteiger partial charge in [0.05, 0.1) is 6.61 Å². The predicted octanol–water partition coefficient (Wildman–Crippen LogP) is 2.37. The van der Waals surface area contributed by atoms with Gasteiger partial charge in [0.1, 0.15) is 0 Å². The van der Waals surface area contributed by atoms with Crippen LogP contribution >= 0.6 is 0 Å². The van der Waals surface area contributed by atoms with Gasteiger partial charge in [-0.1, -0.05) is 0 Å². The molecule has 1 aliphatic rings. The molecule has 0 spiro atoms. The predicted molar refractivity (Wildman–Crippen MR) is 64.4 cm³/mol. The molecule has 0 saturated heterocycles. The highest BCUT2D eigenvalue weighted by molar-refractivity contribution is 5.20. The van der Waals surface area contributed by atoms with Gasteiger partial charge in [-0.3, -0.25) is 0 Å². The molecule has 0 bridgehead atoms. The molecule has 1 atom stereocenters. The van der Waals surface area contributed by atoms with Crippen LogP contribution in [0.25, 0.3) is 0 Å². The van der Waals surface area contributed by atoms with Crippen LogP contribution in [0.4, 0.5) is 0 Å². The number of hydrogen-bond donors (Lipinski definition) is 1. The normalized spacial score (nSPS) is 17.1. The molecule has 1 fully saturated rings. The SMILES string of the molecule is CCOc1cc(CNC(C)C2CC2)ccn1. The Balaban J connectivity index is 1.85. The van der Waals surface area contributed by atoms with Crippen molar-refractivity contribution in [2.75, 3.05) is 6.61 Å². The first-order chi connectivity index (χ1) is 7.79. The Morgan fingerprint density at radius 3 is 3.06 bits per heavy atom. The van der Waals surface area contributed by atoms with E-state index in [1.54, 1.807) is 0 Å². The van der Waals surface area contributed by atoms with Crippen LogP contribution in [0.15, 0.2) is 18.3 Å². The third-order valence-electron chi connectivity index (χ3n) is 3.05. The number of aromatic nitrogens is 1. The monoisotopic (exact) mass is 220 g/mol. The molecule has 1 aliphatic carbocycles. The zero-order valence-corrected chi connectivity index (χ0v) is 10.1. The molecule has 1 N–H and O–H groups in total. The summed E-state index contributed by atoms with van der Waals surface area (Å²) in [5.41, 5.74) is 1.24. The smallest absolute Gasteiger partial charge is 0.213 e. The van der Waals surface area contributed by atoms with E-state index in [0.29, 0.717) is 12.6 Å². The Kier molecular flexibility index (Phi) is 3.78. The zero-order valence-electron chi connectivity index (χ0n) is 10.1. The van der Waals surface area contributed by atoms with Crippen molar-refractivity contribution < 1.29 is 4.74 Å². The van der Waals surface area contributed by atoms with Gasteiger partial charge < -0.3 is 10.1 Å². The summed E-state index contributed by atoms with van der Waals surface area (Å²) in [4.78, 5) is 4.15. The molecule has 0 radical (unpaired) electrons. The molecule has 0 aromatic carbocycles. The molecular formula is C13H20N2O. The van der Waals surface area contributed by atoms with E-state index in [1.807, 2.05) is 25.3 Å². The number of nitrogens with zero attached hydrogens (tertiary/aromatic N) is 1. The van der Waals surface area contributed by atoms with Gasteiger partial charge in [-0.25, -0.2) is 4.98 Å². The van der Waals surface area contributed by atoms with Gasteiger partial charge >= 0.3 is 0 Å². The molecule has 88 valence electrons. The van der Waals surface area contributed by atoms with E-state index >= 15 is 0 Å². The summed E-state index contributed by atoms with van der Waals surface area (Å²) in [6.45, 7) is 5.81. The quantitative estimate of drug-likeness (QED) is 0.799. The summed E-state index contributed by atoms with van der Waals surface area (Å²) in [6.07, 6.45) is 4.58. The summed E-state index contributed by atoms with van der Waals surface area (Å²) in [5.74, 6) is 1.62. The van der Waals surface area contributed by atoms with Crippen LogP contribution in [0.1, 0.15) is 32.3 Å². The van der Waals surface area contributed by atoms with Gasteiger partial charge in [0.15, 0.2) is 0 Å². The van der Waals surface area contributed by atoms with Crippen LogP contribution in [0, 0.1) is 5.92 Å². The maximum Gasteiger partial charge on any atom is 0.213 e. The van der Waals surface area contributed by atoms with Crippen molar-refractivity contribution in [2.24, 2.45) is 5.92 Å². The highest BCUT2D eigenvalue weighted by atomic mass is 16.5. The Morgan fingerprint density at radius 2 is 2.38 bits per heavy atom. The molecule has 3 heteroatoms. The minimum atomic E-state index is 0.628. The molecular weight excluding hydrogens is 200 g/mol. The average molecular weight is 220 g/mol. The third-order valence-corrected chi connectivity index (χ3v) is 3.05. The fraction of sp³-hybridized carbons (Fsp3) is 0.615. The van der Waals surface area contributed by atoms with E-state index in [0.717, 1.165) is 18.3 Å². The second-order valence-corrected chi connectivity index (χ2v) is 4.44. The standard InChI is InChI=1S/C13H20N2O/c1-3-16-13-8-11(6-7-14-13)9-15-10(2)12-4-5-12/h6-8,10,12,15H,3-5,9H2,1-2H3. The largest absolute Gasteiger partial charge is 0.478 e. The van der Waals surface area contributed by atoms with Crippen LogP contribution in [0.3, 0.4) is 0 Å². The van der Waals surface area contributed by atoms with Crippen LogP contribution in [0.2, 0.25) is 0 Å². The summed E-state index contributed by atoms with van der Waals surface area (Å²) in [5, 5.41) is 3.55. The van der Waals surface area contributed by atoms with Crippen molar-refractivity contribution in [3.8, 4) is 5.88 Å². The molecule has 2 rings (SSSR count). The Labute approximate surface area is 97.2 Å². The number of ether oxygens (including phenoxy) is 1. The second-order valence-electron chi connectivity index (χ2n) is 4.44. The molecule has 0 amide bonds. The second kappa shape index (κ2) is 5.30. The Bertz CT molecular complexity index is 336. The first-order valence-electron chi connectivity index (χ1n) is 6.10. The minimum absolute atomic E-state index is 0.628. The Morgan fingerprint density at radius 1 is 1.56 bits per heavy atom. The topological polar surface area (TPSA) is 34.1 Å². The van der Waals surface area contributed by atoms with Gasteiger partial charge in [0.2, 0.25) is 5.88 Å². The summed E-state index contributed by atoms with van der Waals surface area (Å²) < 4.78 is 5.37. The van der Waals surface area contributed by atoms with Gasteiger partial charge in [-0.05, 0) is 44.2 Å². The van der Waals surface area contributed by atoms with E-state index in [2.05, 4.69) is 17.2 Å². The van der Waals surface area contributed by atoms with Gasteiger partial charge in [-0.15, -0.1) is 0 Å². The van der Waals surface area contributed by atoms with Crippen LogP contribution in [-0.4, -0.2) is 17.6 Å². The molecule has 3 nitrogen and oxygen atoms in total. The summed E-state index contributed by atoms with van der Waals surface area (Å²) >= 11 is 0. The molecule has 16 heavy (non-hydrogen) atoms. The van der Waals surface area contributed by atoms with E-state index in [4.69, 9.17) is 4.74 Å². The van der Waals surface area contributed by atoms with E-state index in [1.165, 1.54) is 18.4 Å². The number of pyridine rings is 1. The summed E-state index contributed by atoms with van der Waals surface area (Å²) in [7, 11) is 0. The van der Waals surface area contributed by atoms with Gasteiger partial charge in [-0.2, -0.15) is 0 Å². The highest BCUT2D eigenvalue weighted by Gasteiger charge is 2.27. The zero-order chi connectivity index (χ0) is 11.4. The first-order valence-corrected chi connectivity index (χ1v) is 6.10.